The molecule has 2 aromatic rings. The van der Waals surface area contributed by atoms with Crippen LogP contribution >= 0.6 is 0 Å². The van der Waals surface area contributed by atoms with Gasteiger partial charge in [0.15, 0.2) is 17.2 Å². The molecular formula is C28H40N2O8. The molecule has 1 amide bonds. The smallest absolute Gasteiger partial charge is 0.331 e. The van der Waals surface area contributed by atoms with E-state index in [9.17, 15) is 14.4 Å². The van der Waals surface area contributed by atoms with E-state index in [2.05, 4.69) is 29.4 Å². The molecule has 1 heterocycles. The first kappa shape index (κ1) is 32.4. The molecule has 0 aliphatic rings. The Bertz CT molecular complexity index is 1010. The molecule has 0 radical (unpaired) electrons. The minimum Gasteiger partial charge on any atom is -0.493 e. The van der Waals surface area contributed by atoms with Crippen LogP contribution in [0.25, 0.3) is 0 Å². The quantitative estimate of drug-likeness (QED) is 0.229. The SMILES string of the molecule is CCCOCCC(C)OC(=O)C(C)(C)NC(=O)c1nccc(OC)c1OCOC(C)=O.Cc1ccccc1. The van der Waals surface area contributed by atoms with E-state index in [1.54, 1.807) is 6.92 Å². The molecule has 0 saturated carbocycles. The van der Waals surface area contributed by atoms with Crippen LogP contribution < -0.4 is 14.8 Å². The fourth-order valence-electron chi connectivity index (χ4n) is 2.88. The minimum atomic E-state index is -1.34. The monoisotopic (exact) mass is 532 g/mol. The molecule has 210 valence electrons. The zero-order valence-electron chi connectivity index (χ0n) is 23.4. The first-order valence-corrected chi connectivity index (χ1v) is 12.4. The van der Waals surface area contributed by atoms with Crippen LogP contribution in [0.5, 0.6) is 11.5 Å². The van der Waals surface area contributed by atoms with Gasteiger partial charge in [-0.2, -0.15) is 0 Å². The van der Waals surface area contributed by atoms with Crippen LogP contribution in [0, 0.1) is 6.92 Å². The van der Waals surface area contributed by atoms with Crippen molar-refractivity contribution in [1.82, 2.24) is 10.3 Å². The number of nitrogens with one attached hydrogen (secondary N) is 1. The zero-order valence-corrected chi connectivity index (χ0v) is 23.4. The maximum absolute atomic E-state index is 12.8. The predicted octanol–water partition coefficient (Wildman–Crippen LogP) is 4.24. The number of ether oxygens (including phenoxy) is 5. The summed E-state index contributed by atoms with van der Waals surface area (Å²) in [6.45, 7) is 10.8. The van der Waals surface area contributed by atoms with Crippen LogP contribution in [0.15, 0.2) is 42.6 Å². The maximum atomic E-state index is 12.8. The largest absolute Gasteiger partial charge is 0.493 e. The Morgan fingerprint density at radius 3 is 2.32 bits per heavy atom. The van der Waals surface area contributed by atoms with Crippen molar-refractivity contribution in [2.24, 2.45) is 0 Å². The van der Waals surface area contributed by atoms with E-state index in [-0.39, 0.29) is 23.3 Å². The van der Waals surface area contributed by atoms with E-state index in [0.29, 0.717) is 19.6 Å². The normalized spacial score (nSPS) is 11.3. The molecule has 1 aromatic carbocycles. The van der Waals surface area contributed by atoms with Crippen LogP contribution in [0.2, 0.25) is 0 Å². The predicted molar refractivity (Wildman–Crippen MR) is 142 cm³/mol. The third-order valence-electron chi connectivity index (χ3n) is 4.97. The summed E-state index contributed by atoms with van der Waals surface area (Å²) in [4.78, 5) is 40.4. The van der Waals surface area contributed by atoms with E-state index in [0.717, 1.165) is 6.42 Å². The van der Waals surface area contributed by atoms with Gasteiger partial charge in [-0.25, -0.2) is 9.78 Å². The lowest BCUT2D eigenvalue weighted by Crippen LogP contribution is -2.51. The number of pyridine rings is 1. The number of nitrogens with zero attached hydrogens (tertiary/aromatic N) is 1. The first-order valence-electron chi connectivity index (χ1n) is 12.4. The van der Waals surface area contributed by atoms with Gasteiger partial charge in [0.05, 0.1) is 13.7 Å². The molecule has 1 N–H and O–H groups in total. The van der Waals surface area contributed by atoms with Gasteiger partial charge in [-0.3, -0.25) is 9.59 Å². The average Bonchev–Trinajstić information content (AvgIpc) is 2.87. The van der Waals surface area contributed by atoms with E-state index < -0.39 is 30.2 Å². The van der Waals surface area contributed by atoms with Gasteiger partial charge in [0.1, 0.15) is 11.6 Å². The number of aromatic nitrogens is 1. The van der Waals surface area contributed by atoms with Crippen molar-refractivity contribution in [2.75, 3.05) is 27.1 Å². The molecule has 10 heteroatoms. The number of carbonyl (C=O) groups is 3. The highest BCUT2D eigenvalue weighted by Gasteiger charge is 2.34. The number of benzene rings is 1. The van der Waals surface area contributed by atoms with Crippen molar-refractivity contribution >= 4 is 17.8 Å². The number of hydrogen-bond donors (Lipinski definition) is 1. The summed E-state index contributed by atoms with van der Waals surface area (Å²) in [6.07, 6.45) is 2.44. The van der Waals surface area contributed by atoms with E-state index in [1.807, 2.05) is 25.1 Å². The Kier molecular flexibility index (Phi) is 14.4. The van der Waals surface area contributed by atoms with Crippen molar-refractivity contribution in [3.05, 3.63) is 53.9 Å². The molecule has 0 spiro atoms. The van der Waals surface area contributed by atoms with Crippen LogP contribution in [0.4, 0.5) is 0 Å². The van der Waals surface area contributed by atoms with E-state index >= 15 is 0 Å². The number of aryl methyl sites for hydroxylation is 1. The minimum absolute atomic E-state index is 0.0191. The topological polar surface area (TPSA) is 122 Å². The van der Waals surface area contributed by atoms with Crippen LogP contribution in [-0.4, -0.2) is 61.6 Å². The number of hydrogen-bond acceptors (Lipinski definition) is 9. The second kappa shape index (κ2) is 17.0. The molecule has 1 aromatic heterocycles. The van der Waals surface area contributed by atoms with Crippen molar-refractivity contribution < 1.29 is 38.1 Å². The average molecular weight is 533 g/mol. The summed E-state index contributed by atoms with van der Waals surface area (Å²) in [5.41, 5.74) is -0.149. The Morgan fingerprint density at radius 1 is 1.08 bits per heavy atom. The van der Waals surface area contributed by atoms with E-state index in [1.165, 1.54) is 45.7 Å². The van der Waals surface area contributed by atoms with Gasteiger partial charge in [0.2, 0.25) is 6.79 Å². The molecule has 0 aliphatic heterocycles. The Hall–Kier alpha value is -3.66. The highest BCUT2D eigenvalue weighted by molar-refractivity contribution is 5.99. The summed E-state index contributed by atoms with van der Waals surface area (Å²) in [7, 11) is 1.39. The standard InChI is InChI=1S/C21H32N2O8.C7H8/c1-7-11-28-12-9-14(2)31-20(26)21(4,5)23-19(25)17-18(30-13-29-15(3)24)16(27-6)8-10-22-17;1-7-5-3-2-4-6-7/h8,10,14H,7,9,11-13H2,1-6H3,(H,23,25);2-6H,1H3. The van der Waals surface area contributed by atoms with Gasteiger partial charge in [-0.1, -0.05) is 42.8 Å². The zero-order chi connectivity index (χ0) is 28.6. The lowest BCUT2D eigenvalue weighted by molar-refractivity contribution is -0.155. The number of amides is 1. The first-order chi connectivity index (χ1) is 18.0. The molecule has 2 rings (SSSR count). The number of rotatable bonds is 13. The second-order valence-corrected chi connectivity index (χ2v) is 8.94. The van der Waals surface area contributed by atoms with Crippen molar-refractivity contribution in [2.45, 2.75) is 66.0 Å². The Morgan fingerprint density at radius 2 is 1.76 bits per heavy atom. The molecule has 0 bridgehead atoms. The van der Waals surface area contributed by atoms with Crippen molar-refractivity contribution in [3.63, 3.8) is 0 Å². The molecule has 0 saturated heterocycles. The van der Waals surface area contributed by atoms with Gasteiger partial charge in [0.25, 0.3) is 5.91 Å². The summed E-state index contributed by atoms with van der Waals surface area (Å²) < 4.78 is 26.1. The van der Waals surface area contributed by atoms with Gasteiger partial charge in [-0.05, 0) is 34.1 Å². The highest BCUT2D eigenvalue weighted by Crippen LogP contribution is 2.30. The Balaban J connectivity index is 0.000000884. The van der Waals surface area contributed by atoms with Gasteiger partial charge < -0.3 is 29.0 Å². The summed E-state index contributed by atoms with van der Waals surface area (Å²) in [6, 6.07) is 11.7. The number of methoxy groups -OCH3 is 1. The molecule has 10 nitrogen and oxygen atoms in total. The third kappa shape index (κ3) is 12.1. The lowest BCUT2D eigenvalue weighted by Gasteiger charge is -2.26. The fourth-order valence-corrected chi connectivity index (χ4v) is 2.88. The molecule has 1 atom stereocenters. The maximum Gasteiger partial charge on any atom is 0.331 e. The third-order valence-corrected chi connectivity index (χ3v) is 4.97. The van der Waals surface area contributed by atoms with Crippen molar-refractivity contribution in [1.29, 1.82) is 0 Å². The van der Waals surface area contributed by atoms with Gasteiger partial charge in [0, 0.05) is 32.2 Å². The van der Waals surface area contributed by atoms with E-state index in [4.69, 9.17) is 23.7 Å². The number of carbonyl (C=O) groups excluding carboxylic acids is 3. The Labute approximate surface area is 225 Å². The molecular weight excluding hydrogens is 492 g/mol. The second-order valence-electron chi connectivity index (χ2n) is 8.94. The lowest BCUT2D eigenvalue weighted by atomic mass is 10.1. The molecule has 0 fully saturated rings. The summed E-state index contributed by atoms with van der Waals surface area (Å²) in [5.74, 6) is -1.64. The van der Waals surface area contributed by atoms with Gasteiger partial charge in [-0.15, -0.1) is 0 Å². The van der Waals surface area contributed by atoms with Crippen LogP contribution in [0.3, 0.4) is 0 Å². The molecule has 0 aliphatic carbocycles. The van der Waals surface area contributed by atoms with Gasteiger partial charge >= 0.3 is 11.9 Å². The summed E-state index contributed by atoms with van der Waals surface area (Å²) >= 11 is 0. The fraction of sp³-hybridized carbons (Fsp3) is 0.500. The molecule has 38 heavy (non-hydrogen) atoms. The van der Waals surface area contributed by atoms with Crippen molar-refractivity contribution in [3.8, 4) is 11.5 Å². The summed E-state index contributed by atoms with van der Waals surface area (Å²) in [5, 5.41) is 2.59. The highest BCUT2D eigenvalue weighted by atomic mass is 16.7. The number of esters is 2. The van der Waals surface area contributed by atoms with Crippen LogP contribution in [0.1, 0.15) is 63.5 Å². The molecule has 1 unspecified atom stereocenters. The van der Waals surface area contributed by atoms with Crippen LogP contribution in [-0.2, 0) is 23.8 Å².